The molecule has 0 unspecified atom stereocenters. The van der Waals surface area contributed by atoms with E-state index in [1.807, 2.05) is 42.5 Å². The summed E-state index contributed by atoms with van der Waals surface area (Å²) < 4.78 is 5.17. The number of hydrogen-bond donors (Lipinski definition) is 2. The number of rotatable bonds is 5. The van der Waals surface area contributed by atoms with Crippen LogP contribution in [0.25, 0.3) is 0 Å². The summed E-state index contributed by atoms with van der Waals surface area (Å²) in [5.41, 5.74) is 9.90. The van der Waals surface area contributed by atoms with Crippen molar-refractivity contribution in [3.05, 3.63) is 59.7 Å². The highest BCUT2D eigenvalue weighted by Gasteiger charge is 2.23. The zero-order valence-corrected chi connectivity index (χ0v) is 17.0. The summed E-state index contributed by atoms with van der Waals surface area (Å²) in [6.45, 7) is 1.18. The van der Waals surface area contributed by atoms with Gasteiger partial charge in [0.05, 0.1) is 6.61 Å². The van der Waals surface area contributed by atoms with Crippen LogP contribution < -0.4 is 16.0 Å². The minimum Gasteiger partial charge on any atom is -0.380 e. The lowest BCUT2D eigenvalue weighted by Crippen LogP contribution is -2.32. The Morgan fingerprint density at radius 2 is 1.96 bits per heavy atom. The van der Waals surface area contributed by atoms with Crippen LogP contribution in [0.4, 0.5) is 11.4 Å². The maximum Gasteiger partial charge on any atom is 0.248 e. The van der Waals surface area contributed by atoms with E-state index in [9.17, 15) is 4.79 Å². The topological polar surface area (TPSA) is 80.0 Å². The van der Waals surface area contributed by atoms with Gasteiger partial charge in [-0.2, -0.15) is 0 Å². The molecule has 0 spiro atoms. The van der Waals surface area contributed by atoms with Crippen LogP contribution in [0.3, 0.4) is 0 Å². The maximum absolute atomic E-state index is 12.4. The van der Waals surface area contributed by atoms with E-state index in [-0.39, 0.29) is 42.4 Å². The van der Waals surface area contributed by atoms with E-state index in [0.29, 0.717) is 13.2 Å². The van der Waals surface area contributed by atoms with Gasteiger partial charge in [-0.3, -0.25) is 4.79 Å². The van der Waals surface area contributed by atoms with Gasteiger partial charge in [0, 0.05) is 30.6 Å². The van der Waals surface area contributed by atoms with E-state index < -0.39 is 0 Å². The average molecular weight is 466 g/mol. The van der Waals surface area contributed by atoms with Gasteiger partial charge >= 0.3 is 0 Å². The van der Waals surface area contributed by atoms with Gasteiger partial charge < -0.3 is 20.7 Å². The summed E-state index contributed by atoms with van der Waals surface area (Å²) in [7, 11) is 1.64. The van der Waals surface area contributed by atoms with Crippen LogP contribution in [0.1, 0.15) is 11.1 Å². The van der Waals surface area contributed by atoms with Gasteiger partial charge in [0.25, 0.3) is 0 Å². The number of methoxy groups -OCH3 is 1. The van der Waals surface area contributed by atoms with Crippen LogP contribution in [0.15, 0.2) is 53.5 Å². The predicted molar refractivity (Wildman–Crippen MR) is 115 cm³/mol. The molecule has 0 aliphatic carbocycles. The standard InChI is InChI=1S/C19H22N4O2.HI/c1-25-13-15-7-2-4-8-16(15)22-19(20)21-12-18(24)23-11-10-14-6-3-5-9-17(14)23;/h2-9H,10-13H2,1H3,(H3,20,21,22);1H. The fourth-order valence-corrected chi connectivity index (χ4v) is 2.94. The van der Waals surface area contributed by atoms with Gasteiger partial charge in [0.2, 0.25) is 5.91 Å². The van der Waals surface area contributed by atoms with Crippen LogP contribution >= 0.6 is 24.0 Å². The van der Waals surface area contributed by atoms with Crippen molar-refractivity contribution in [3.8, 4) is 0 Å². The average Bonchev–Trinajstić information content (AvgIpc) is 3.06. The number of halogens is 1. The number of nitrogens with two attached hydrogens (primary N) is 1. The number of carbonyl (C=O) groups is 1. The van der Waals surface area contributed by atoms with E-state index >= 15 is 0 Å². The first-order valence-corrected chi connectivity index (χ1v) is 8.21. The number of nitrogens with one attached hydrogen (secondary N) is 1. The molecule has 0 bridgehead atoms. The molecular weight excluding hydrogens is 443 g/mol. The Hall–Kier alpha value is -2.13. The number of carbonyl (C=O) groups excluding carboxylic acids is 1. The summed E-state index contributed by atoms with van der Waals surface area (Å²) in [6, 6.07) is 15.6. The van der Waals surface area contributed by atoms with Crippen LogP contribution in [0.2, 0.25) is 0 Å². The second kappa shape index (κ2) is 9.54. The molecule has 26 heavy (non-hydrogen) atoms. The molecule has 3 rings (SSSR count). The third-order valence-electron chi connectivity index (χ3n) is 4.15. The number of ether oxygens (including phenoxy) is 1. The Kier molecular flexibility index (Phi) is 7.40. The number of benzene rings is 2. The Morgan fingerprint density at radius 3 is 2.77 bits per heavy atom. The molecule has 0 atom stereocenters. The van der Waals surface area contributed by atoms with Gasteiger partial charge in [-0.25, -0.2) is 4.99 Å². The SMILES string of the molecule is COCc1ccccc1NC(N)=NCC(=O)N1CCc2ccccc21.I. The summed E-state index contributed by atoms with van der Waals surface area (Å²) in [5.74, 6) is 0.157. The lowest BCUT2D eigenvalue weighted by molar-refractivity contribution is -0.117. The number of fused-ring (bicyclic) bond motifs is 1. The van der Waals surface area contributed by atoms with Gasteiger partial charge in [-0.15, -0.1) is 24.0 Å². The molecule has 2 aromatic rings. The maximum atomic E-state index is 12.4. The van der Waals surface area contributed by atoms with E-state index in [1.54, 1.807) is 12.0 Å². The van der Waals surface area contributed by atoms with Gasteiger partial charge in [0.1, 0.15) is 6.54 Å². The minimum absolute atomic E-state index is 0. The largest absolute Gasteiger partial charge is 0.380 e. The smallest absolute Gasteiger partial charge is 0.248 e. The van der Waals surface area contributed by atoms with Crippen molar-refractivity contribution in [2.75, 3.05) is 30.4 Å². The van der Waals surface area contributed by atoms with E-state index in [1.165, 1.54) is 5.56 Å². The molecule has 1 amide bonds. The molecule has 2 aromatic carbocycles. The third kappa shape index (κ3) is 4.73. The van der Waals surface area contributed by atoms with Crippen LogP contribution in [0.5, 0.6) is 0 Å². The zero-order valence-electron chi connectivity index (χ0n) is 14.6. The molecular formula is C19H23IN4O2. The van der Waals surface area contributed by atoms with Crippen molar-refractivity contribution in [2.45, 2.75) is 13.0 Å². The van der Waals surface area contributed by atoms with E-state index in [4.69, 9.17) is 10.5 Å². The molecule has 1 aliphatic rings. The van der Waals surface area contributed by atoms with Gasteiger partial charge in [-0.05, 0) is 24.1 Å². The molecule has 3 N–H and O–H groups in total. The van der Waals surface area contributed by atoms with Gasteiger partial charge in [0.15, 0.2) is 5.96 Å². The summed E-state index contributed by atoms with van der Waals surface area (Å²) in [6.07, 6.45) is 0.879. The highest BCUT2D eigenvalue weighted by Crippen LogP contribution is 2.27. The first-order valence-electron chi connectivity index (χ1n) is 8.21. The van der Waals surface area contributed by atoms with Crippen molar-refractivity contribution in [1.29, 1.82) is 0 Å². The van der Waals surface area contributed by atoms with Crippen molar-refractivity contribution < 1.29 is 9.53 Å². The van der Waals surface area contributed by atoms with Crippen LogP contribution in [0, 0.1) is 0 Å². The van der Waals surface area contributed by atoms with Crippen molar-refractivity contribution in [1.82, 2.24) is 0 Å². The second-order valence-corrected chi connectivity index (χ2v) is 5.84. The highest BCUT2D eigenvalue weighted by molar-refractivity contribution is 14.0. The normalized spacial score (nSPS) is 13.1. The molecule has 1 heterocycles. The van der Waals surface area contributed by atoms with Crippen LogP contribution in [-0.4, -0.2) is 32.1 Å². The van der Waals surface area contributed by atoms with Crippen molar-refractivity contribution in [2.24, 2.45) is 10.7 Å². The van der Waals surface area contributed by atoms with Crippen molar-refractivity contribution >= 4 is 47.2 Å². The summed E-state index contributed by atoms with van der Waals surface area (Å²) in [4.78, 5) is 18.4. The molecule has 0 aromatic heterocycles. The molecule has 0 radical (unpaired) electrons. The number of aliphatic imine (C=N–C) groups is 1. The highest BCUT2D eigenvalue weighted by atomic mass is 127. The molecule has 6 nitrogen and oxygen atoms in total. The Bertz CT molecular complexity index is 795. The molecule has 138 valence electrons. The lowest BCUT2D eigenvalue weighted by atomic mass is 10.2. The van der Waals surface area contributed by atoms with Crippen LogP contribution in [-0.2, 0) is 22.6 Å². The molecule has 7 heteroatoms. The number of anilines is 2. The Morgan fingerprint density at radius 1 is 1.23 bits per heavy atom. The summed E-state index contributed by atoms with van der Waals surface area (Å²) in [5, 5.41) is 3.04. The first-order chi connectivity index (χ1) is 12.2. The molecule has 0 saturated heterocycles. The zero-order chi connectivity index (χ0) is 17.6. The summed E-state index contributed by atoms with van der Waals surface area (Å²) >= 11 is 0. The number of nitrogens with zero attached hydrogens (tertiary/aromatic N) is 2. The van der Waals surface area contributed by atoms with E-state index in [0.717, 1.165) is 23.4 Å². The Balaban J connectivity index is 0.00000243. The number of para-hydroxylation sites is 2. The lowest BCUT2D eigenvalue weighted by Gasteiger charge is -2.16. The molecule has 0 saturated carbocycles. The monoisotopic (exact) mass is 466 g/mol. The Labute approximate surface area is 170 Å². The van der Waals surface area contributed by atoms with Gasteiger partial charge in [-0.1, -0.05) is 36.4 Å². The third-order valence-corrected chi connectivity index (χ3v) is 4.15. The number of guanidine groups is 1. The van der Waals surface area contributed by atoms with E-state index in [2.05, 4.69) is 16.4 Å². The first kappa shape index (κ1) is 20.2. The number of amides is 1. The fraction of sp³-hybridized carbons (Fsp3) is 0.263. The predicted octanol–water partition coefficient (Wildman–Crippen LogP) is 2.77. The fourth-order valence-electron chi connectivity index (χ4n) is 2.94. The van der Waals surface area contributed by atoms with Crippen molar-refractivity contribution in [3.63, 3.8) is 0 Å². The number of hydrogen-bond acceptors (Lipinski definition) is 3. The molecule has 0 fully saturated rings. The second-order valence-electron chi connectivity index (χ2n) is 5.84. The minimum atomic E-state index is -0.0557. The quantitative estimate of drug-likeness (QED) is 0.404. The molecule has 1 aliphatic heterocycles.